The van der Waals surface area contributed by atoms with E-state index in [2.05, 4.69) is 22.2 Å². The van der Waals surface area contributed by atoms with Gasteiger partial charge in [-0.3, -0.25) is 4.79 Å². The first-order valence-corrected chi connectivity index (χ1v) is 7.95. The molecule has 0 aromatic carbocycles. The molecule has 0 saturated carbocycles. The van der Waals surface area contributed by atoms with Crippen LogP contribution in [0.25, 0.3) is 0 Å². The molecule has 2 aromatic heterocycles. The van der Waals surface area contributed by atoms with Crippen LogP contribution in [0.3, 0.4) is 0 Å². The van der Waals surface area contributed by atoms with E-state index < -0.39 is 0 Å². The van der Waals surface area contributed by atoms with Crippen LogP contribution in [0.15, 0.2) is 23.2 Å². The number of carbonyl (C=O) groups is 1. The van der Waals surface area contributed by atoms with E-state index in [1.165, 1.54) is 11.3 Å². The van der Waals surface area contributed by atoms with E-state index in [1.807, 2.05) is 5.38 Å². The molecule has 2 heterocycles. The highest BCUT2D eigenvalue weighted by Crippen LogP contribution is 2.21. The molecule has 0 aliphatic heterocycles. The Labute approximate surface area is 133 Å². The van der Waals surface area contributed by atoms with Crippen molar-refractivity contribution in [2.24, 2.45) is 0 Å². The molecule has 5 nitrogen and oxygen atoms in total. The summed E-state index contributed by atoms with van der Waals surface area (Å²) >= 11 is 7.66. The minimum absolute atomic E-state index is 0.126. The Kier molecular flexibility index (Phi) is 5.52. The number of halogens is 1. The van der Waals surface area contributed by atoms with E-state index in [9.17, 15) is 4.79 Å². The molecular weight excluding hydrogens is 308 g/mol. The number of thiazole rings is 1. The van der Waals surface area contributed by atoms with E-state index in [1.54, 1.807) is 29.7 Å². The fraction of sp³-hybridized carbons (Fsp3) is 0.357. The summed E-state index contributed by atoms with van der Waals surface area (Å²) < 4.78 is 0. The molecule has 0 spiro atoms. The molecule has 112 valence electrons. The third-order valence-electron chi connectivity index (χ3n) is 2.86. The predicted molar refractivity (Wildman–Crippen MR) is 85.9 cm³/mol. The molecule has 0 fully saturated rings. The Hall–Kier alpha value is -1.66. The number of carbonyl (C=O) groups excluding carboxylic acids is 1. The molecular formula is C14H17ClN4OS. The first-order chi connectivity index (χ1) is 10.1. The highest BCUT2D eigenvalue weighted by molar-refractivity contribution is 7.07. The third kappa shape index (κ3) is 4.15. The van der Waals surface area contributed by atoms with Gasteiger partial charge in [-0.25, -0.2) is 9.97 Å². The van der Waals surface area contributed by atoms with Crippen molar-refractivity contribution in [1.29, 1.82) is 0 Å². The van der Waals surface area contributed by atoms with Gasteiger partial charge in [-0.2, -0.15) is 0 Å². The monoisotopic (exact) mass is 324 g/mol. The number of anilines is 1. The highest BCUT2D eigenvalue weighted by Gasteiger charge is 2.15. The highest BCUT2D eigenvalue weighted by atomic mass is 35.5. The van der Waals surface area contributed by atoms with Gasteiger partial charge in [0.25, 0.3) is 5.91 Å². The quantitative estimate of drug-likeness (QED) is 0.886. The van der Waals surface area contributed by atoms with E-state index in [4.69, 9.17) is 11.6 Å². The Morgan fingerprint density at radius 1 is 1.48 bits per heavy atom. The fourth-order valence-electron chi connectivity index (χ4n) is 1.78. The number of hydrogen-bond donors (Lipinski definition) is 1. The molecule has 0 saturated heterocycles. The van der Waals surface area contributed by atoms with Crippen molar-refractivity contribution in [3.05, 3.63) is 39.4 Å². The average Bonchev–Trinajstić information content (AvgIpc) is 2.98. The Bertz CT molecular complexity index is 603. The average molecular weight is 325 g/mol. The summed E-state index contributed by atoms with van der Waals surface area (Å²) in [6.45, 7) is 3.33. The molecule has 0 radical (unpaired) electrons. The van der Waals surface area contributed by atoms with Gasteiger partial charge in [0.15, 0.2) is 0 Å². The molecule has 0 atom stereocenters. The van der Waals surface area contributed by atoms with Gasteiger partial charge in [0, 0.05) is 25.2 Å². The maximum Gasteiger partial charge on any atom is 0.255 e. The standard InChI is InChI=1S/C14H17ClN4OS/c1-3-4-16-13-12(15)5-10(6-17-13)14(20)19(2)7-11-8-21-9-18-11/h5-6,8-9H,3-4,7H2,1-2H3,(H,16,17). The number of nitrogens with one attached hydrogen (secondary N) is 1. The molecule has 1 amide bonds. The van der Waals surface area contributed by atoms with Crippen LogP contribution in [0.2, 0.25) is 5.02 Å². The van der Waals surface area contributed by atoms with Crippen LogP contribution in [0.5, 0.6) is 0 Å². The molecule has 0 aliphatic rings. The minimum Gasteiger partial charge on any atom is -0.369 e. The summed E-state index contributed by atoms with van der Waals surface area (Å²) in [4.78, 5) is 22.3. The van der Waals surface area contributed by atoms with Gasteiger partial charge < -0.3 is 10.2 Å². The normalized spacial score (nSPS) is 10.4. The van der Waals surface area contributed by atoms with Crippen LogP contribution in [-0.2, 0) is 6.54 Å². The van der Waals surface area contributed by atoms with Crippen molar-refractivity contribution in [2.75, 3.05) is 18.9 Å². The van der Waals surface area contributed by atoms with E-state index in [0.29, 0.717) is 22.9 Å². The van der Waals surface area contributed by atoms with Crippen LogP contribution in [0, 0.1) is 0 Å². The lowest BCUT2D eigenvalue weighted by Crippen LogP contribution is -2.26. The van der Waals surface area contributed by atoms with Gasteiger partial charge in [-0.1, -0.05) is 18.5 Å². The Morgan fingerprint density at radius 3 is 2.90 bits per heavy atom. The second-order valence-electron chi connectivity index (χ2n) is 4.62. The molecule has 2 aromatic rings. The number of nitrogens with zero attached hydrogens (tertiary/aromatic N) is 3. The van der Waals surface area contributed by atoms with Gasteiger partial charge in [-0.05, 0) is 12.5 Å². The smallest absolute Gasteiger partial charge is 0.255 e. The molecule has 2 rings (SSSR count). The number of pyridine rings is 1. The van der Waals surface area contributed by atoms with Crippen molar-refractivity contribution in [2.45, 2.75) is 19.9 Å². The van der Waals surface area contributed by atoms with Gasteiger partial charge in [-0.15, -0.1) is 11.3 Å². The topological polar surface area (TPSA) is 58.1 Å². The second-order valence-corrected chi connectivity index (χ2v) is 5.75. The SMILES string of the molecule is CCCNc1ncc(C(=O)N(C)Cc2cscn2)cc1Cl. The van der Waals surface area contributed by atoms with Crippen molar-refractivity contribution >= 4 is 34.7 Å². The first-order valence-electron chi connectivity index (χ1n) is 6.63. The maximum atomic E-state index is 12.3. The van der Waals surface area contributed by atoms with Crippen LogP contribution >= 0.6 is 22.9 Å². The second kappa shape index (κ2) is 7.38. The van der Waals surface area contributed by atoms with Crippen molar-refractivity contribution in [1.82, 2.24) is 14.9 Å². The summed E-state index contributed by atoms with van der Waals surface area (Å²) in [5.41, 5.74) is 3.09. The summed E-state index contributed by atoms with van der Waals surface area (Å²) in [5, 5.41) is 5.50. The van der Waals surface area contributed by atoms with Crippen molar-refractivity contribution in [3.8, 4) is 0 Å². The van der Waals surface area contributed by atoms with Gasteiger partial charge in [0.2, 0.25) is 0 Å². The Balaban J connectivity index is 2.06. The zero-order valence-corrected chi connectivity index (χ0v) is 13.5. The van der Waals surface area contributed by atoms with Crippen LogP contribution in [0.1, 0.15) is 29.4 Å². The zero-order chi connectivity index (χ0) is 15.2. The number of rotatable bonds is 6. The summed E-state index contributed by atoms with van der Waals surface area (Å²) in [7, 11) is 1.73. The van der Waals surface area contributed by atoms with Gasteiger partial charge in [0.1, 0.15) is 5.82 Å². The van der Waals surface area contributed by atoms with Crippen molar-refractivity contribution in [3.63, 3.8) is 0 Å². The third-order valence-corrected chi connectivity index (χ3v) is 3.78. The summed E-state index contributed by atoms with van der Waals surface area (Å²) in [5.74, 6) is 0.483. The predicted octanol–water partition coefficient (Wildman–Crippen LogP) is 3.29. The molecule has 21 heavy (non-hydrogen) atoms. The van der Waals surface area contributed by atoms with Crippen LogP contribution < -0.4 is 5.32 Å². The molecule has 0 unspecified atom stereocenters. The summed E-state index contributed by atoms with van der Waals surface area (Å²) in [6.07, 6.45) is 2.53. The number of aromatic nitrogens is 2. The van der Waals surface area contributed by atoms with E-state index in [0.717, 1.165) is 18.7 Å². The lowest BCUT2D eigenvalue weighted by molar-refractivity contribution is 0.0783. The molecule has 7 heteroatoms. The first kappa shape index (κ1) is 15.7. The lowest BCUT2D eigenvalue weighted by Gasteiger charge is -2.16. The van der Waals surface area contributed by atoms with Gasteiger partial charge >= 0.3 is 0 Å². The zero-order valence-electron chi connectivity index (χ0n) is 12.0. The molecule has 1 N–H and O–H groups in total. The molecule has 0 aliphatic carbocycles. The summed E-state index contributed by atoms with van der Waals surface area (Å²) in [6, 6.07) is 1.65. The van der Waals surface area contributed by atoms with Gasteiger partial charge in [0.05, 0.1) is 28.3 Å². The largest absolute Gasteiger partial charge is 0.369 e. The van der Waals surface area contributed by atoms with Crippen LogP contribution in [-0.4, -0.2) is 34.4 Å². The van der Waals surface area contributed by atoms with Crippen LogP contribution in [0.4, 0.5) is 5.82 Å². The van der Waals surface area contributed by atoms with E-state index >= 15 is 0 Å². The Morgan fingerprint density at radius 2 is 2.29 bits per heavy atom. The fourth-order valence-corrected chi connectivity index (χ4v) is 2.56. The maximum absolute atomic E-state index is 12.3. The minimum atomic E-state index is -0.126. The molecule has 0 bridgehead atoms. The number of hydrogen-bond acceptors (Lipinski definition) is 5. The lowest BCUT2D eigenvalue weighted by atomic mass is 10.2. The van der Waals surface area contributed by atoms with E-state index in [-0.39, 0.29) is 5.91 Å². The number of amides is 1. The van der Waals surface area contributed by atoms with Crippen molar-refractivity contribution < 1.29 is 4.79 Å².